The van der Waals surface area contributed by atoms with Crippen LogP contribution in [0.2, 0.25) is 5.02 Å². The molecule has 15 rings (SSSR count). The van der Waals surface area contributed by atoms with Gasteiger partial charge in [-0.3, -0.25) is 24.0 Å². The first kappa shape index (κ1) is 97.3. The maximum atomic E-state index is 12.9. The van der Waals surface area contributed by atoms with Crippen molar-refractivity contribution < 1.29 is 92.3 Å². The van der Waals surface area contributed by atoms with E-state index in [-0.39, 0.29) is 54.1 Å². The molecule has 0 aromatic heterocycles. The lowest BCUT2D eigenvalue weighted by molar-refractivity contribution is -0.169. The van der Waals surface area contributed by atoms with Gasteiger partial charge >= 0.3 is 24.5 Å². The topological polar surface area (TPSA) is 266 Å². The van der Waals surface area contributed by atoms with Crippen molar-refractivity contribution in [3.05, 3.63) is 294 Å². The van der Waals surface area contributed by atoms with Crippen molar-refractivity contribution in [3.8, 4) is 0 Å². The molecule has 9 aromatic rings. The lowest BCUT2D eigenvalue weighted by Gasteiger charge is -2.39. The van der Waals surface area contributed by atoms with Gasteiger partial charge in [0.25, 0.3) is 0 Å². The molecule has 127 heavy (non-hydrogen) atoms. The van der Waals surface area contributed by atoms with Gasteiger partial charge in [0.1, 0.15) is 5.78 Å². The van der Waals surface area contributed by atoms with Gasteiger partial charge in [-0.1, -0.05) is 121 Å². The molecule has 0 amide bonds. The number of nitrogens with two attached hydrogens (primary N) is 3. The molecule has 0 unspecified atom stereocenters. The summed E-state index contributed by atoms with van der Waals surface area (Å²) in [6.45, 7) is 17.9. The second kappa shape index (κ2) is 43.5. The summed E-state index contributed by atoms with van der Waals surface area (Å²) in [4.78, 5) is 87.2. The minimum atomic E-state index is -4.44. The number of guanidine groups is 1. The van der Waals surface area contributed by atoms with Gasteiger partial charge in [-0.05, 0) is 164 Å². The number of anilines is 5. The quantitative estimate of drug-likeness (QED) is 0.0175. The van der Waals surface area contributed by atoms with E-state index in [4.69, 9.17) is 52.9 Å². The Morgan fingerprint density at radius 2 is 0.803 bits per heavy atom. The molecular weight excluding hydrogens is 1670 g/mol. The molecule has 0 radical (unpaired) electrons. The third kappa shape index (κ3) is 28.3. The number of carbonyl (C=O) groups is 6. The highest BCUT2D eigenvalue weighted by Gasteiger charge is 2.42. The molecule has 0 atom stereocenters. The van der Waals surface area contributed by atoms with Crippen molar-refractivity contribution in [2.45, 2.75) is 129 Å². The fourth-order valence-corrected chi connectivity index (χ4v) is 15.5. The first-order valence-corrected chi connectivity index (χ1v) is 41.9. The molecule has 30 heteroatoms. The number of aromatic carboxylic acids is 1. The second-order valence-corrected chi connectivity index (χ2v) is 32.5. The molecule has 2 spiro atoms. The monoisotopic (exact) mass is 1780 g/mol. The van der Waals surface area contributed by atoms with E-state index in [0.717, 1.165) is 139 Å². The number of aliphatic imine (C=N–C) groups is 1. The van der Waals surface area contributed by atoms with Crippen molar-refractivity contribution in [2.24, 2.45) is 16.5 Å². The summed E-state index contributed by atoms with van der Waals surface area (Å²) in [5.74, 6) is -2.04. The van der Waals surface area contributed by atoms with Crippen molar-refractivity contribution in [1.82, 2.24) is 4.90 Å². The van der Waals surface area contributed by atoms with Crippen molar-refractivity contribution in [1.29, 1.82) is 0 Å². The lowest BCUT2D eigenvalue weighted by Crippen LogP contribution is -2.45. The van der Waals surface area contributed by atoms with E-state index in [1.54, 1.807) is 72.8 Å². The Morgan fingerprint density at radius 1 is 0.457 bits per heavy atom. The number of carbonyl (C=O) groups excluding carboxylic acids is 5. The Bertz CT molecular complexity index is 5390. The number of carboxylic acids is 1. The van der Waals surface area contributed by atoms with Crippen LogP contribution in [0, 0.1) is 34.6 Å². The zero-order valence-corrected chi connectivity index (χ0v) is 72.6. The summed E-state index contributed by atoms with van der Waals surface area (Å²) >= 11 is 5.64. The Labute approximate surface area is 738 Å². The minimum absolute atomic E-state index is 0.0484. The van der Waals surface area contributed by atoms with E-state index >= 15 is 0 Å². The Kier molecular flexibility index (Phi) is 33.4. The number of hydrogen-bond acceptors (Lipinski definition) is 17. The number of piperidine rings is 4. The number of alkyl halides is 9. The number of benzene rings is 9. The van der Waals surface area contributed by atoms with Crippen LogP contribution in [0.4, 0.5) is 73.6 Å². The molecule has 6 heterocycles. The molecule has 6 aliphatic rings. The third-order valence-corrected chi connectivity index (χ3v) is 22.4. The largest absolute Gasteiger partial charge is 0.478 e. The average Bonchev–Trinajstić information content (AvgIpc) is 1.71. The zero-order valence-electron chi connectivity index (χ0n) is 71.8. The first-order chi connectivity index (χ1) is 60.1. The summed E-state index contributed by atoms with van der Waals surface area (Å²) in [6, 6.07) is 50.7. The van der Waals surface area contributed by atoms with Crippen LogP contribution in [0.15, 0.2) is 211 Å². The van der Waals surface area contributed by atoms with Gasteiger partial charge in [0.05, 0.1) is 54.4 Å². The highest BCUT2D eigenvalue weighted by atomic mass is 35.5. The highest BCUT2D eigenvalue weighted by Crippen LogP contribution is 2.39. The van der Waals surface area contributed by atoms with Gasteiger partial charge in [0.15, 0.2) is 40.7 Å². The molecule has 0 bridgehead atoms. The summed E-state index contributed by atoms with van der Waals surface area (Å²) in [5.41, 5.74) is 27.6. The standard InChI is InChI=1S/C24H25F3N2O2.C23H24F3NO3.C21H20F3NO2.C15H19NO4.C7H8ClN3.C7H9N/c1-16-7-8-18(23(31)12-17-5-4-6-20(11-17)24(25,26)27)13-21(16)29-10-9-22(30)19(15-29)14-28(2)3;1-16-5-6-18(21(28)14-17-3-2-4-19(13-17)23(24,25)26)15-20(16)27-9-7-22(8-10-27)29-11-12-30-22;1-14-5-6-16(13-19(14)25-9-7-18(26)8-10-25)20(27)12-15-3-2-4-17(11-15)21(22,23)24;1-11-2-3-12(14(17)18)10-13(11)16-6-4-15(5-7-16)19-8-9-20-15;8-5-1-3-6(4-2-5)11-7(9)10;1-6-3-2-4-7(8)5-6/h4-8,11,13-14H,9-10,12,15H2,1-3H3;2-6,13,15H,7-12,14H2,1H3;2-6,11,13H,7-10,12H2,1H3;2-3,10H,4-9H2,1H3,(H,17,18);1-4H,(H4,9,10,11);2-5H,8H2,1H3/b19-14-;;;;;. The van der Waals surface area contributed by atoms with Crippen LogP contribution in [0.5, 0.6) is 0 Å². The van der Waals surface area contributed by atoms with Gasteiger partial charge in [0, 0.05) is 193 Å². The van der Waals surface area contributed by atoms with E-state index in [0.29, 0.717) is 127 Å². The summed E-state index contributed by atoms with van der Waals surface area (Å²) in [7, 11) is 3.72. The number of hydrogen-bond donors (Lipinski definition) is 4. The smallest absolute Gasteiger partial charge is 0.416 e. The fraction of sp³-hybridized carbons (Fsp3) is 0.351. The molecular formula is C97H105ClF9N9O11. The molecule has 6 saturated heterocycles. The number of ketones is 5. The molecule has 0 aliphatic carbocycles. The Morgan fingerprint density at radius 3 is 1.14 bits per heavy atom. The molecule has 20 nitrogen and oxygen atoms in total. The summed E-state index contributed by atoms with van der Waals surface area (Å²) < 4.78 is 139. The Balaban J connectivity index is 0.000000166. The van der Waals surface area contributed by atoms with Gasteiger partial charge in [0.2, 0.25) is 0 Å². The number of halogens is 10. The zero-order chi connectivity index (χ0) is 92.1. The number of aryl methyl sites for hydroxylation is 5. The third-order valence-electron chi connectivity index (χ3n) is 22.1. The molecule has 0 saturated carbocycles. The maximum absolute atomic E-state index is 12.9. The summed E-state index contributed by atoms with van der Waals surface area (Å²) in [5, 5.41) is 9.77. The minimum Gasteiger partial charge on any atom is -0.478 e. The van der Waals surface area contributed by atoms with E-state index in [9.17, 15) is 68.3 Å². The average molecular weight is 1780 g/mol. The predicted octanol–water partition coefficient (Wildman–Crippen LogP) is 18.9. The molecule has 6 fully saturated rings. The van der Waals surface area contributed by atoms with Crippen LogP contribution in [0.1, 0.15) is 148 Å². The van der Waals surface area contributed by atoms with Crippen LogP contribution in [-0.4, -0.2) is 155 Å². The van der Waals surface area contributed by atoms with Crippen LogP contribution in [0.3, 0.4) is 0 Å². The normalized spacial score (nSPS) is 16.3. The Hall–Kier alpha value is -11.9. The maximum Gasteiger partial charge on any atom is 0.416 e. The van der Waals surface area contributed by atoms with Crippen molar-refractivity contribution >= 4 is 86.6 Å². The number of ether oxygens (including phenoxy) is 4. The lowest BCUT2D eigenvalue weighted by atomic mass is 9.98. The van der Waals surface area contributed by atoms with Crippen molar-refractivity contribution in [2.75, 3.05) is 118 Å². The van der Waals surface area contributed by atoms with Gasteiger partial charge in [-0.15, -0.1) is 0 Å². The van der Waals surface area contributed by atoms with Gasteiger partial charge < -0.3 is 65.8 Å². The van der Waals surface area contributed by atoms with Crippen molar-refractivity contribution in [3.63, 3.8) is 0 Å². The summed E-state index contributed by atoms with van der Waals surface area (Å²) in [6.07, 6.45) is -7.23. The number of carboxylic acid groups (broad SMARTS) is 1. The van der Waals surface area contributed by atoms with E-state index in [2.05, 4.69) is 24.6 Å². The van der Waals surface area contributed by atoms with Crippen LogP contribution in [0.25, 0.3) is 0 Å². The highest BCUT2D eigenvalue weighted by molar-refractivity contribution is 6.30. The number of Topliss-reactive ketones (excluding diaryl/α,β-unsaturated/α-hetero) is 5. The number of rotatable bonds is 16. The van der Waals surface area contributed by atoms with E-state index < -0.39 is 52.8 Å². The van der Waals surface area contributed by atoms with Crippen LogP contribution < -0.4 is 36.8 Å². The van der Waals surface area contributed by atoms with Gasteiger partial charge in [-0.25, -0.2) is 9.79 Å². The van der Waals surface area contributed by atoms with E-state index in [1.807, 2.05) is 114 Å². The van der Waals surface area contributed by atoms with E-state index in [1.165, 1.54) is 35.9 Å². The molecule has 7 N–H and O–H groups in total. The SMILES string of the molecule is Cc1ccc(C(=O)Cc2cccc(C(F)(F)F)c2)cc1N1CCC(=O)/C(=C\N(C)C)C1.Cc1ccc(C(=O)Cc2cccc(C(F)(F)F)c2)cc1N1CCC(=O)CC1.Cc1ccc(C(=O)Cc2cccc(C(F)(F)F)c2)cc1N1CCC2(CC1)OCCO2.Cc1ccc(C(=O)O)cc1N1CCC2(CC1)OCCO2.Cc1cccc(N)c1.NC(N)=Nc1ccc(Cl)cc1. The molecule has 674 valence electrons. The predicted molar refractivity (Wildman–Crippen MR) is 475 cm³/mol. The van der Waals surface area contributed by atoms with Crippen LogP contribution in [-0.2, 0) is 66.3 Å². The molecule has 6 aliphatic heterocycles. The molecule has 9 aromatic carbocycles. The number of nitrogens with zero attached hydrogens (tertiary/aromatic N) is 6. The number of nitrogen functional groups attached to an aromatic ring is 1. The first-order valence-electron chi connectivity index (χ1n) is 41.5. The second-order valence-electron chi connectivity index (χ2n) is 32.1. The fourth-order valence-electron chi connectivity index (χ4n) is 15.4. The van der Waals surface area contributed by atoms with Gasteiger partial charge in [-0.2, -0.15) is 39.5 Å². The van der Waals surface area contributed by atoms with Crippen LogP contribution >= 0.6 is 11.6 Å².